The van der Waals surface area contributed by atoms with Gasteiger partial charge < -0.3 is 4.90 Å². The summed E-state index contributed by atoms with van der Waals surface area (Å²) in [5.41, 5.74) is 6.01. The third kappa shape index (κ3) is 2.04. The zero-order valence-corrected chi connectivity index (χ0v) is 13.6. The summed E-state index contributed by atoms with van der Waals surface area (Å²) >= 11 is 0. The van der Waals surface area contributed by atoms with Crippen molar-refractivity contribution in [3.8, 4) is 0 Å². The van der Waals surface area contributed by atoms with Crippen molar-refractivity contribution in [2.75, 3.05) is 6.54 Å². The molecule has 2 atom stereocenters. The van der Waals surface area contributed by atoms with Crippen molar-refractivity contribution in [1.29, 1.82) is 0 Å². The maximum absolute atomic E-state index is 13.2. The lowest BCUT2D eigenvalue weighted by molar-refractivity contribution is 0.0595. The van der Waals surface area contributed by atoms with E-state index >= 15 is 0 Å². The van der Waals surface area contributed by atoms with Crippen LogP contribution in [0.5, 0.6) is 0 Å². The van der Waals surface area contributed by atoms with Gasteiger partial charge in [0.05, 0.1) is 6.54 Å². The van der Waals surface area contributed by atoms with Crippen molar-refractivity contribution in [3.63, 3.8) is 0 Å². The van der Waals surface area contributed by atoms with E-state index in [-0.39, 0.29) is 5.91 Å². The summed E-state index contributed by atoms with van der Waals surface area (Å²) < 4.78 is 0. The average molecular weight is 316 g/mol. The van der Waals surface area contributed by atoms with Gasteiger partial charge in [-0.1, -0.05) is 30.3 Å². The fourth-order valence-corrected chi connectivity index (χ4v) is 4.63. The minimum atomic E-state index is 0.181. The lowest BCUT2D eigenvalue weighted by Gasteiger charge is -2.38. The van der Waals surface area contributed by atoms with Crippen LogP contribution in [0.15, 0.2) is 47.5 Å². The molecule has 3 heteroatoms. The molecule has 24 heavy (non-hydrogen) atoms. The first kappa shape index (κ1) is 14.0. The van der Waals surface area contributed by atoms with Crippen LogP contribution >= 0.6 is 0 Å². The minimum Gasteiger partial charge on any atom is -0.335 e. The summed E-state index contributed by atoms with van der Waals surface area (Å²) in [5.74, 6) is 0.690. The van der Waals surface area contributed by atoms with Crippen molar-refractivity contribution in [3.05, 3.63) is 70.3 Å². The zero-order valence-electron chi connectivity index (χ0n) is 13.6. The van der Waals surface area contributed by atoms with Crippen molar-refractivity contribution in [2.45, 2.75) is 37.8 Å². The SMILES string of the molecule is O=C(c1ccc2c(c1)C=NC2)N1CCCC2c3ccccc3C[C@@H]21. The fraction of sp³-hybridized carbons (Fsp3) is 0.333. The molecular weight excluding hydrogens is 296 g/mol. The van der Waals surface area contributed by atoms with Crippen molar-refractivity contribution >= 4 is 12.1 Å². The van der Waals surface area contributed by atoms with Crippen LogP contribution < -0.4 is 0 Å². The van der Waals surface area contributed by atoms with Gasteiger partial charge in [0, 0.05) is 30.3 Å². The molecule has 1 unspecified atom stereocenters. The molecule has 120 valence electrons. The predicted octanol–water partition coefficient (Wildman–Crippen LogP) is 3.56. The summed E-state index contributed by atoms with van der Waals surface area (Å²) in [6.45, 7) is 1.62. The normalized spacial score (nSPS) is 23.8. The van der Waals surface area contributed by atoms with Gasteiger partial charge in [0.15, 0.2) is 0 Å². The van der Waals surface area contributed by atoms with Crippen molar-refractivity contribution < 1.29 is 4.79 Å². The molecule has 1 fully saturated rings. The number of rotatable bonds is 1. The van der Waals surface area contributed by atoms with E-state index in [0.29, 0.717) is 12.0 Å². The van der Waals surface area contributed by atoms with Crippen LogP contribution in [0.25, 0.3) is 0 Å². The number of carbonyl (C=O) groups excluding carboxylic acids is 1. The van der Waals surface area contributed by atoms with E-state index in [9.17, 15) is 4.79 Å². The summed E-state index contributed by atoms with van der Waals surface area (Å²) in [7, 11) is 0. The molecule has 2 aromatic rings. The number of amides is 1. The van der Waals surface area contributed by atoms with Gasteiger partial charge in [-0.3, -0.25) is 9.79 Å². The molecule has 3 nitrogen and oxygen atoms in total. The van der Waals surface area contributed by atoms with Crippen LogP contribution in [0.2, 0.25) is 0 Å². The van der Waals surface area contributed by atoms with Crippen LogP contribution in [-0.4, -0.2) is 29.6 Å². The monoisotopic (exact) mass is 316 g/mol. The van der Waals surface area contributed by atoms with Crippen LogP contribution in [0.1, 0.15) is 51.4 Å². The number of piperidine rings is 1. The Bertz CT molecular complexity index is 855. The number of hydrogen-bond donors (Lipinski definition) is 0. The van der Waals surface area contributed by atoms with E-state index in [4.69, 9.17) is 0 Å². The molecule has 1 saturated heterocycles. The fourth-order valence-electron chi connectivity index (χ4n) is 4.63. The van der Waals surface area contributed by atoms with Gasteiger partial charge in [-0.05, 0) is 53.6 Å². The van der Waals surface area contributed by atoms with Gasteiger partial charge in [-0.2, -0.15) is 0 Å². The predicted molar refractivity (Wildman–Crippen MR) is 94.7 cm³/mol. The number of nitrogens with zero attached hydrogens (tertiary/aromatic N) is 2. The highest BCUT2D eigenvalue weighted by Gasteiger charge is 2.40. The molecule has 3 aliphatic rings. The van der Waals surface area contributed by atoms with E-state index in [1.807, 2.05) is 18.3 Å². The highest BCUT2D eigenvalue weighted by Crippen LogP contribution is 2.42. The molecule has 2 aromatic carbocycles. The number of aliphatic imine (C=N–C) groups is 1. The standard InChI is InChI=1S/C21H20N2O/c24-21(15-7-8-16-12-22-13-17(16)10-15)23-9-3-6-19-18-5-2-1-4-14(18)11-20(19)23/h1-2,4-5,7-8,10,13,19-20H,3,6,9,11-12H2/t19?,20-/m0/s1. The Morgan fingerprint density at radius 3 is 3.00 bits per heavy atom. The largest absolute Gasteiger partial charge is 0.335 e. The lowest BCUT2D eigenvalue weighted by atomic mass is 9.88. The molecule has 2 aliphatic heterocycles. The number of likely N-dealkylation sites (tertiary alicyclic amines) is 1. The first-order valence-corrected chi connectivity index (χ1v) is 8.83. The Morgan fingerprint density at radius 1 is 1.12 bits per heavy atom. The van der Waals surface area contributed by atoms with E-state index in [0.717, 1.165) is 37.1 Å². The molecule has 0 radical (unpaired) electrons. The number of hydrogen-bond acceptors (Lipinski definition) is 2. The van der Waals surface area contributed by atoms with Crippen molar-refractivity contribution in [2.24, 2.45) is 4.99 Å². The Morgan fingerprint density at radius 2 is 2.04 bits per heavy atom. The van der Waals surface area contributed by atoms with Gasteiger partial charge in [-0.15, -0.1) is 0 Å². The second-order valence-corrected chi connectivity index (χ2v) is 7.10. The maximum atomic E-state index is 13.2. The quantitative estimate of drug-likeness (QED) is 0.792. The lowest BCUT2D eigenvalue weighted by Crippen LogP contribution is -2.46. The second-order valence-electron chi connectivity index (χ2n) is 7.10. The molecule has 1 aliphatic carbocycles. The highest BCUT2D eigenvalue weighted by atomic mass is 16.2. The van der Waals surface area contributed by atoms with Gasteiger partial charge >= 0.3 is 0 Å². The minimum absolute atomic E-state index is 0.181. The summed E-state index contributed by atoms with van der Waals surface area (Å²) in [6, 6.07) is 15.1. The van der Waals surface area contributed by atoms with E-state index < -0.39 is 0 Å². The van der Waals surface area contributed by atoms with Gasteiger partial charge in [-0.25, -0.2) is 0 Å². The second kappa shape index (κ2) is 5.30. The maximum Gasteiger partial charge on any atom is 0.254 e. The molecule has 0 N–H and O–H groups in total. The molecule has 1 amide bonds. The first-order valence-electron chi connectivity index (χ1n) is 8.83. The Balaban J connectivity index is 1.47. The molecule has 0 bridgehead atoms. The smallest absolute Gasteiger partial charge is 0.254 e. The Kier molecular flexibility index (Phi) is 3.09. The van der Waals surface area contributed by atoms with Gasteiger partial charge in [0.1, 0.15) is 0 Å². The topological polar surface area (TPSA) is 32.7 Å². The molecular formula is C21H20N2O. The summed E-state index contributed by atoms with van der Waals surface area (Å²) in [5, 5.41) is 0. The number of benzene rings is 2. The third-order valence-corrected chi connectivity index (χ3v) is 5.81. The highest BCUT2D eigenvalue weighted by molar-refractivity contribution is 5.97. The number of carbonyl (C=O) groups is 1. The zero-order chi connectivity index (χ0) is 16.1. The molecule has 2 heterocycles. The van der Waals surface area contributed by atoms with Crippen LogP contribution in [0, 0.1) is 0 Å². The Hall–Kier alpha value is -2.42. The van der Waals surface area contributed by atoms with Crippen LogP contribution in [-0.2, 0) is 13.0 Å². The average Bonchev–Trinajstić information content (AvgIpc) is 3.24. The number of fused-ring (bicyclic) bond motifs is 4. The molecule has 0 saturated carbocycles. The van der Waals surface area contributed by atoms with E-state index in [1.54, 1.807) is 0 Å². The summed E-state index contributed by atoms with van der Waals surface area (Å²) in [6.07, 6.45) is 5.17. The Labute approximate surface area is 142 Å². The molecule has 5 rings (SSSR count). The van der Waals surface area contributed by atoms with Crippen molar-refractivity contribution in [1.82, 2.24) is 4.90 Å². The van der Waals surface area contributed by atoms with E-state index in [2.05, 4.69) is 40.2 Å². The van der Waals surface area contributed by atoms with Crippen LogP contribution in [0.4, 0.5) is 0 Å². The molecule has 0 spiro atoms. The third-order valence-electron chi connectivity index (χ3n) is 5.81. The van der Waals surface area contributed by atoms with Crippen LogP contribution in [0.3, 0.4) is 0 Å². The van der Waals surface area contributed by atoms with Gasteiger partial charge in [0.25, 0.3) is 5.91 Å². The molecule has 0 aromatic heterocycles. The van der Waals surface area contributed by atoms with Gasteiger partial charge in [0.2, 0.25) is 0 Å². The first-order chi connectivity index (χ1) is 11.8. The van der Waals surface area contributed by atoms with E-state index in [1.165, 1.54) is 23.1 Å². The summed E-state index contributed by atoms with van der Waals surface area (Å²) in [4.78, 5) is 19.6.